The highest BCUT2D eigenvalue weighted by atomic mass is 32.2. The lowest BCUT2D eigenvalue weighted by molar-refractivity contribution is -0.122. The molecule has 6 nitrogen and oxygen atoms in total. The molecular formula is C27H28N2O4S3. The van der Waals surface area contributed by atoms with Crippen molar-refractivity contribution in [2.45, 2.75) is 45.4 Å². The van der Waals surface area contributed by atoms with E-state index in [4.69, 9.17) is 17.0 Å². The molecule has 1 fully saturated rings. The normalized spacial score (nSPS) is 16.6. The molecule has 1 aromatic heterocycles. The molecule has 2 amide bonds. The predicted octanol–water partition coefficient (Wildman–Crippen LogP) is 5.98. The van der Waals surface area contributed by atoms with Crippen LogP contribution >= 0.6 is 35.3 Å². The Morgan fingerprint density at radius 1 is 1.19 bits per heavy atom. The summed E-state index contributed by atoms with van der Waals surface area (Å²) in [5.41, 5.74) is 2.58. The smallest absolute Gasteiger partial charge is 0.341 e. The molecule has 2 aliphatic rings. The van der Waals surface area contributed by atoms with E-state index in [2.05, 4.69) is 5.32 Å². The number of nitrogens with zero attached hydrogens (tertiary/aromatic N) is 1. The number of aryl methyl sites for hydroxylation is 1. The number of thioether (sulfide) groups is 1. The number of ether oxygens (including phenoxy) is 1. The minimum Gasteiger partial charge on any atom is -0.462 e. The molecule has 0 saturated carbocycles. The van der Waals surface area contributed by atoms with Gasteiger partial charge in [0.05, 0.1) is 17.1 Å². The van der Waals surface area contributed by atoms with E-state index in [0.29, 0.717) is 32.8 Å². The van der Waals surface area contributed by atoms with Crippen LogP contribution in [-0.4, -0.2) is 40.2 Å². The van der Waals surface area contributed by atoms with Crippen LogP contribution in [0.4, 0.5) is 5.00 Å². The van der Waals surface area contributed by atoms with E-state index in [1.54, 1.807) is 17.9 Å². The first kappa shape index (κ1) is 26.3. The van der Waals surface area contributed by atoms with E-state index in [1.807, 2.05) is 42.5 Å². The number of carbonyl (C=O) groups excluding carboxylic acids is 3. The zero-order chi connectivity index (χ0) is 25.5. The van der Waals surface area contributed by atoms with Gasteiger partial charge in [0.15, 0.2) is 0 Å². The van der Waals surface area contributed by atoms with Gasteiger partial charge in [0.25, 0.3) is 5.91 Å². The maximum absolute atomic E-state index is 12.8. The van der Waals surface area contributed by atoms with Crippen LogP contribution in [0.2, 0.25) is 0 Å². The first-order chi connectivity index (χ1) is 17.5. The number of hydrogen-bond acceptors (Lipinski definition) is 7. The molecule has 2 heterocycles. The van der Waals surface area contributed by atoms with E-state index in [-0.39, 0.29) is 30.8 Å². The minimum absolute atomic E-state index is 0.140. The minimum atomic E-state index is -0.377. The number of nitrogens with one attached hydrogen (secondary N) is 1. The number of thiocarbonyl (C=S) groups is 1. The van der Waals surface area contributed by atoms with E-state index in [0.717, 1.165) is 41.7 Å². The van der Waals surface area contributed by atoms with E-state index in [9.17, 15) is 14.4 Å². The summed E-state index contributed by atoms with van der Waals surface area (Å²) in [6, 6.07) is 9.85. The number of anilines is 1. The molecule has 1 saturated heterocycles. The van der Waals surface area contributed by atoms with Crippen molar-refractivity contribution in [1.82, 2.24) is 4.90 Å². The predicted molar refractivity (Wildman–Crippen MR) is 150 cm³/mol. The van der Waals surface area contributed by atoms with Crippen molar-refractivity contribution < 1.29 is 19.1 Å². The molecule has 0 spiro atoms. The van der Waals surface area contributed by atoms with Crippen LogP contribution in [0.3, 0.4) is 0 Å². The second-order valence-corrected chi connectivity index (χ2v) is 11.2. The third-order valence-corrected chi connectivity index (χ3v) is 8.50. The SMILES string of the molecule is CCOC(=O)c1c(NC(=O)CCCN2C(=O)/C(=C/C=C/c3ccccc3)SC2=S)sc2c1CCCC2. The van der Waals surface area contributed by atoms with E-state index >= 15 is 0 Å². The Hall–Kier alpha value is -2.75. The van der Waals surface area contributed by atoms with Gasteiger partial charge in [-0.25, -0.2) is 4.79 Å². The first-order valence-corrected chi connectivity index (χ1v) is 14.1. The topological polar surface area (TPSA) is 75.7 Å². The van der Waals surface area contributed by atoms with Gasteiger partial charge in [-0.2, -0.15) is 0 Å². The summed E-state index contributed by atoms with van der Waals surface area (Å²) in [5, 5.41) is 3.50. The maximum Gasteiger partial charge on any atom is 0.341 e. The van der Waals surface area contributed by atoms with Crippen molar-refractivity contribution in [3.63, 3.8) is 0 Å². The van der Waals surface area contributed by atoms with Crippen molar-refractivity contribution in [2.75, 3.05) is 18.5 Å². The summed E-state index contributed by atoms with van der Waals surface area (Å²) >= 11 is 8.14. The standard InChI is InChI=1S/C27H28N2O4S3/c1-2-33-26(32)23-19-13-6-7-14-20(19)35-24(23)28-22(30)16-9-17-29-25(31)21(36-27(29)34)15-8-12-18-10-4-3-5-11-18/h3-5,8,10-12,15H,2,6-7,9,13-14,16-17H2,1H3,(H,28,30)/b12-8+,21-15-. The third-order valence-electron chi connectivity index (χ3n) is 5.90. The van der Waals surface area contributed by atoms with E-state index in [1.165, 1.54) is 23.1 Å². The van der Waals surface area contributed by atoms with Crippen LogP contribution in [0.15, 0.2) is 47.4 Å². The van der Waals surface area contributed by atoms with Gasteiger partial charge in [-0.1, -0.05) is 66.5 Å². The van der Waals surface area contributed by atoms with Gasteiger partial charge in [0.1, 0.15) is 9.32 Å². The molecule has 1 N–H and O–H groups in total. The monoisotopic (exact) mass is 540 g/mol. The number of benzene rings is 1. The first-order valence-electron chi connectivity index (χ1n) is 12.1. The van der Waals surface area contributed by atoms with Crippen molar-refractivity contribution >= 4 is 68.5 Å². The summed E-state index contributed by atoms with van der Waals surface area (Å²) in [6.07, 6.45) is 10.1. The number of fused-ring (bicyclic) bond motifs is 1. The molecule has 0 radical (unpaired) electrons. The van der Waals surface area contributed by atoms with Gasteiger partial charge in [0, 0.05) is 17.8 Å². The Morgan fingerprint density at radius 2 is 1.97 bits per heavy atom. The highest BCUT2D eigenvalue weighted by molar-refractivity contribution is 8.26. The summed E-state index contributed by atoms with van der Waals surface area (Å²) in [4.78, 5) is 41.4. The second kappa shape index (κ2) is 12.5. The van der Waals surface area contributed by atoms with Gasteiger partial charge in [-0.15, -0.1) is 11.3 Å². The van der Waals surface area contributed by atoms with Crippen LogP contribution < -0.4 is 5.32 Å². The lowest BCUT2D eigenvalue weighted by atomic mass is 9.95. The molecule has 0 unspecified atom stereocenters. The third kappa shape index (κ3) is 6.32. The zero-order valence-corrected chi connectivity index (χ0v) is 22.5. The number of thiophene rings is 1. The largest absolute Gasteiger partial charge is 0.462 e. The Bertz CT molecular complexity index is 1220. The molecule has 4 rings (SSSR count). The molecule has 9 heteroatoms. The summed E-state index contributed by atoms with van der Waals surface area (Å²) < 4.78 is 5.75. The number of rotatable bonds is 9. The number of allylic oxidation sites excluding steroid dienone is 2. The number of esters is 1. The highest BCUT2D eigenvalue weighted by Gasteiger charge is 2.31. The number of hydrogen-bond donors (Lipinski definition) is 1. The quantitative estimate of drug-likeness (QED) is 0.240. The van der Waals surface area contributed by atoms with Gasteiger partial charge < -0.3 is 10.1 Å². The maximum atomic E-state index is 12.8. The van der Waals surface area contributed by atoms with Crippen LogP contribution in [0.25, 0.3) is 6.08 Å². The fraction of sp³-hybridized carbons (Fsp3) is 0.333. The van der Waals surface area contributed by atoms with Crippen molar-refractivity contribution in [2.24, 2.45) is 0 Å². The molecule has 0 atom stereocenters. The molecule has 188 valence electrons. The Kier molecular flexibility index (Phi) is 9.12. The Labute approximate surface area is 224 Å². The highest BCUT2D eigenvalue weighted by Crippen LogP contribution is 2.38. The molecule has 1 aliphatic heterocycles. The molecular weight excluding hydrogens is 513 g/mol. The van der Waals surface area contributed by atoms with Crippen LogP contribution in [-0.2, 0) is 27.2 Å². The fourth-order valence-corrected chi connectivity index (χ4v) is 6.73. The second-order valence-electron chi connectivity index (χ2n) is 8.41. The molecule has 1 aliphatic carbocycles. The van der Waals surface area contributed by atoms with Crippen LogP contribution in [0.5, 0.6) is 0 Å². The fourth-order valence-electron chi connectivity index (χ4n) is 4.18. The van der Waals surface area contributed by atoms with Gasteiger partial charge >= 0.3 is 5.97 Å². The summed E-state index contributed by atoms with van der Waals surface area (Å²) in [7, 11) is 0. The summed E-state index contributed by atoms with van der Waals surface area (Å²) in [6.45, 7) is 2.43. The van der Waals surface area contributed by atoms with Crippen molar-refractivity contribution in [3.8, 4) is 0 Å². The molecule has 0 bridgehead atoms. The average Bonchev–Trinajstić information content (AvgIpc) is 3.36. The number of amides is 2. The zero-order valence-electron chi connectivity index (χ0n) is 20.1. The van der Waals surface area contributed by atoms with Gasteiger partial charge in [0.2, 0.25) is 5.91 Å². The molecule has 2 aromatic rings. The van der Waals surface area contributed by atoms with Crippen molar-refractivity contribution in [1.29, 1.82) is 0 Å². The number of carbonyl (C=O) groups is 3. The summed E-state index contributed by atoms with van der Waals surface area (Å²) in [5.74, 6) is -0.706. The van der Waals surface area contributed by atoms with Crippen LogP contribution in [0, 0.1) is 0 Å². The van der Waals surface area contributed by atoms with E-state index < -0.39 is 0 Å². The molecule has 36 heavy (non-hydrogen) atoms. The van der Waals surface area contributed by atoms with Gasteiger partial charge in [-0.05, 0) is 56.2 Å². The lowest BCUT2D eigenvalue weighted by Crippen LogP contribution is -2.29. The average molecular weight is 541 g/mol. The molecule has 1 aromatic carbocycles. The Balaban J connectivity index is 1.32. The Morgan fingerprint density at radius 3 is 2.75 bits per heavy atom. The van der Waals surface area contributed by atoms with Crippen LogP contribution in [0.1, 0.15) is 59.0 Å². The van der Waals surface area contributed by atoms with Crippen molar-refractivity contribution in [3.05, 3.63) is 69.0 Å². The lowest BCUT2D eigenvalue weighted by Gasteiger charge is -2.14. The van der Waals surface area contributed by atoms with Gasteiger partial charge in [-0.3, -0.25) is 14.5 Å².